The van der Waals surface area contributed by atoms with Crippen molar-refractivity contribution in [2.45, 2.75) is 27.2 Å². The van der Waals surface area contributed by atoms with E-state index in [0.29, 0.717) is 6.61 Å². The van der Waals surface area contributed by atoms with Crippen LogP contribution in [0.15, 0.2) is 72.0 Å². The molecule has 2 aliphatic carbocycles. The molecule has 4 rings (SSSR count). The number of hydrogen-bond donors (Lipinski definition) is 0. The van der Waals surface area contributed by atoms with Gasteiger partial charge in [-0.15, -0.1) is 0 Å². The number of ether oxygens (including phenoxy) is 2. The molecule has 160 valence electrons. The van der Waals surface area contributed by atoms with Crippen LogP contribution < -0.4 is 0 Å². The van der Waals surface area contributed by atoms with Gasteiger partial charge in [-0.2, -0.15) is 0 Å². The molecule has 1 fully saturated rings. The van der Waals surface area contributed by atoms with Crippen molar-refractivity contribution in [3.63, 3.8) is 0 Å². The second kappa shape index (κ2) is 11.7. The van der Waals surface area contributed by atoms with Crippen LogP contribution in [0.5, 0.6) is 0 Å². The van der Waals surface area contributed by atoms with Crippen LogP contribution >= 0.6 is 0 Å². The SMILES string of the molecule is CC.CC1=C(OCC2C=CC=CC=C2)c2ncccc2CC(CN2CCOCC2)=C1. The molecule has 0 saturated carbocycles. The van der Waals surface area contributed by atoms with E-state index in [4.69, 9.17) is 9.47 Å². The molecule has 30 heavy (non-hydrogen) atoms. The first kappa shape index (κ1) is 22.3. The zero-order valence-corrected chi connectivity index (χ0v) is 18.5. The second-order valence-electron chi connectivity index (χ2n) is 7.52. The van der Waals surface area contributed by atoms with Crippen molar-refractivity contribution < 1.29 is 9.47 Å². The van der Waals surface area contributed by atoms with Crippen molar-refractivity contribution in [2.24, 2.45) is 5.92 Å². The van der Waals surface area contributed by atoms with Crippen LogP contribution in [0.1, 0.15) is 32.0 Å². The zero-order valence-electron chi connectivity index (χ0n) is 18.5. The van der Waals surface area contributed by atoms with Crippen molar-refractivity contribution >= 4 is 5.76 Å². The molecular weight excluding hydrogens is 372 g/mol. The number of hydrogen-bond acceptors (Lipinski definition) is 4. The van der Waals surface area contributed by atoms with Gasteiger partial charge in [-0.1, -0.05) is 68.0 Å². The molecule has 2 heterocycles. The standard InChI is InChI=1S/C24H28N2O2.C2H6/c1-19-15-21(17-26-11-13-27-14-12-26)16-22-9-6-10-25-23(22)24(19)28-18-20-7-4-2-3-5-8-20;1-2/h2-10,15,20H,11-14,16-18H2,1H3;1-2H3. The first-order chi connectivity index (χ1) is 14.8. The molecule has 0 bridgehead atoms. The maximum Gasteiger partial charge on any atom is 0.148 e. The highest BCUT2D eigenvalue weighted by molar-refractivity contribution is 5.67. The molecule has 0 amide bonds. The molecule has 1 saturated heterocycles. The molecule has 4 nitrogen and oxygen atoms in total. The number of rotatable bonds is 5. The zero-order chi connectivity index (χ0) is 21.2. The second-order valence-corrected chi connectivity index (χ2v) is 7.52. The fourth-order valence-corrected chi connectivity index (χ4v) is 3.87. The van der Waals surface area contributed by atoms with E-state index in [1.807, 2.05) is 38.3 Å². The van der Waals surface area contributed by atoms with Gasteiger partial charge in [0.25, 0.3) is 0 Å². The monoisotopic (exact) mass is 406 g/mol. The highest BCUT2D eigenvalue weighted by Crippen LogP contribution is 2.30. The summed E-state index contributed by atoms with van der Waals surface area (Å²) in [6.45, 7) is 11.4. The van der Waals surface area contributed by atoms with Gasteiger partial charge in [0.05, 0.1) is 19.8 Å². The van der Waals surface area contributed by atoms with E-state index >= 15 is 0 Å². The Morgan fingerprint density at radius 2 is 1.83 bits per heavy atom. The van der Waals surface area contributed by atoms with E-state index in [9.17, 15) is 0 Å². The van der Waals surface area contributed by atoms with Gasteiger partial charge in [0.15, 0.2) is 0 Å². The van der Waals surface area contributed by atoms with Crippen LogP contribution in [0, 0.1) is 5.92 Å². The minimum atomic E-state index is 0.266. The summed E-state index contributed by atoms with van der Waals surface area (Å²) < 4.78 is 11.8. The third kappa shape index (κ3) is 6.04. The molecule has 1 aromatic heterocycles. The maximum absolute atomic E-state index is 6.34. The van der Waals surface area contributed by atoms with E-state index in [2.05, 4.69) is 53.3 Å². The van der Waals surface area contributed by atoms with Crippen LogP contribution in [-0.2, 0) is 15.9 Å². The first-order valence-electron chi connectivity index (χ1n) is 11.1. The molecule has 0 radical (unpaired) electrons. The summed E-state index contributed by atoms with van der Waals surface area (Å²) >= 11 is 0. The van der Waals surface area contributed by atoms with E-state index < -0.39 is 0 Å². The molecule has 3 aliphatic rings. The predicted molar refractivity (Wildman–Crippen MR) is 124 cm³/mol. The van der Waals surface area contributed by atoms with Crippen molar-refractivity contribution in [1.82, 2.24) is 9.88 Å². The van der Waals surface area contributed by atoms with E-state index in [-0.39, 0.29) is 5.92 Å². The van der Waals surface area contributed by atoms with Gasteiger partial charge < -0.3 is 9.47 Å². The van der Waals surface area contributed by atoms with Gasteiger partial charge in [-0.25, -0.2) is 0 Å². The predicted octanol–water partition coefficient (Wildman–Crippen LogP) is 4.97. The van der Waals surface area contributed by atoms with E-state index in [1.165, 1.54) is 11.1 Å². The molecule has 0 spiro atoms. The number of allylic oxidation sites excluding steroid dienone is 6. The van der Waals surface area contributed by atoms with Crippen LogP contribution in [0.4, 0.5) is 0 Å². The average Bonchev–Trinajstić information content (AvgIpc) is 3.12. The highest BCUT2D eigenvalue weighted by Gasteiger charge is 2.21. The fraction of sp³-hybridized carbons (Fsp3) is 0.423. The topological polar surface area (TPSA) is 34.6 Å². The van der Waals surface area contributed by atoms with Crippen molar-refractivity contribution in [3.8, 4) is 0 Å². The Hall–Kier alpha value is -2.43. The lowest BCUT2D eigenvalue weighted by atomic mass is 10.0. The van der Waals surface area contributed by atoms with Gasteiger partial charge in [0.2, 0.25) is 0 Å². The highest BCUT2D eigenvalue weighted by atomic mass is 16.5. The summed E-state index contributed by atoms with van der Waals surface area (Å²) in [6.07, 6.45) is 17.7. The summed E-state index contributed by atoms with van der Waals surface area (Å²) in [6, 6.07) is 4.19. The Bertz CT molecular complexity index is 826. The van der Waals surface area contributed by atoms with Crippen molar-refractivity contribution in [2.75, 3.05) is 39.5 Å². The Balaban J connectivity index is 0.00000124. The fourth-order valence-electron chi connectivity index (χ4n) is 3.87. The normalized spacial score (nSPS) is 19.4. The van der Waals surface area contributed by atoms with Gasteiger partial charge in [-0.3, -0.25) is 9.88 Å². The lowest BCUT2D eigenvalue weighted by molar-refractivity contribution is 0.0421. The Kier molecular flexibility index (Phi) is 8.66. The smallest absolute Gasteiger partial charge is 0.148 e. The molecule has 4 heteroatoms. The Morgan fingerprint density at radius 3 is 2.57 bits per heavy atom. The third-order valence-corrected chi connectivity index (χ3v) is 5.30. The van der Waals surface area contributed by atoms with Crippen LogP contribution in [0.25, 0.3) is 5.76 Å². The molecular formula is C26H34N2O2. The van der Waals surface area contributed by atoms with Gasteiger partial charge in [0.1, 0.15) is 11.5 Å². The largest absolute Gasteiger partial charge is 0.490 e. The molecule has 0 unspecified atom stereocenters. The molecule has 1 aliphatic heterocycles. The number of fused-ring (bicyclic) bond motifs is 1. The summed E-state index contributed by atoms with van der Waals surface area (Å²) in [5.74, 6) is 1.18. The maximum atomic E-state index is 6.34. The average molecular weight is 407 g/mol. The van der Waals surface area contributed by atoms with Gasteiger partial charge in [0, 0.05) is 31.7 Å². The molecule has 1 aromatic rings. The lowest BCUT2D eigenvalue weighted by Gasteiger charge is -2.27. The minimum absolute atomic E-state index is 0.266. The van der Waals surface area contributed by atoms with Gasteiger partial charge in [-0.05, 0) is 30.5 Å². The van der Waals surface area contributed by atoms with Crippen LogP contribution in [-0.4, -0.2) is 49.3 Å². The van der Waals surface area contributed by atoms with Crippen LogP contribution in [0.3, 0.4) is 0 Å². The van der Waals surface area contributed by atoms with Gasteiger partial charge >= 0.3 is 0 Å². The summed E-state index contributed by atoms with van der Waals surface area (Å²) in [7, 11) is 0. The number of pyridine rings is 1. The molecule has 0 N–H and O–H groups in total. The molecule has 0 atom stereocenters. The summed E-state index contributed by atoms with van der Waals surface area (Å²) in [5.41, 5.74) is 4.78. The number of nitrogens with zero attached hydrogens (tertiary/aromatic N) is 2. The third-order valence-electron chi connectivity index (χ3n) is 5.30. The quantitative estimate of drug-likeness (QED) is 0.692. The first-order valence-corrected chi connectivity index (χ1v) is 11.1. The molecule has 0 aromatic carbocycles. The van der Waals surface area contributed by atoms with Crippen LogP contribution in [0.2, 0.25) is 0 Å². The van der Waals surface area contributed by atoms with E-state index in [1.54, 1.807) is 0 Å². The minimum Gasteiger partial charge on any atom is -0.490 e. The van der Waals surface area contributed by atoms with E-state index in [0.717, 1.165) is 56.3 Å². The van der Waals surface area contributed by atoms with Crippen molar-refractivity contribution in [3.05, 3.63) is 83.3 Å². The lowest BCUT2D eigenvalue weighted by Crippen LogP contribution is -2.37. The Morgan fingerprint density at radius 1 is 1.10 bits per heavy atom. The number of morpholine rings is 1. The summed E-state index contributed by atoms with van der Waals surface area (Å²) in [5, 5.41) is 0. The number of aromatic nitrogens is 1. The summed E-state index contributed by atoms with van der Waals surface area (Å²) in [4.78, 5) is 7.15. The van der Waals surface area contributed by atoms with Crippen molar-refractivity contribution in [1.29, 1.82) is 0 Å². The Labute approximate surface area is 181 Å².